The van der Waals surface area contributed by atoms with E-state index < -0.39 is 5.54 Å². The molecule has 3 aromatic rings. The first-order chi connectivity index (χ1) is 11.6. The van der Waals surface area contributed by atoms with Crippen LogP contribution in [-0.4, -0.2) is 10.9 Å². The first kappa shape index (κ1) is 15.9. The molecule has 1 amide bonds. The van der Waals surface area contributed by atoms with Crippen LogP contribution in [0.1, 0.15) is 29.8 Å². The molecular weight excluding hydrogens is 296 g/mol. The second-order valence-electron chi connectivity index (χ2n) is 6.24. The summed E-state index contributed by atoms with van der Waals surface area (Å²) in [4.78, 5) is 16.9. The maximum Gasteiger partial charge on any atom is 0.251 e. The molecule has 2 aromatic carbocycles. The number of rotatable bonds is 4. The van der Waals surface area contributed by atoms with Crippen LogP contribution < -0.4 is 5.32 Å². The van der Waals surface area contributed by atoms with Gasteiger partial charge in [-0.05, 0) is 43.7 Å². The van der Waals surface area contributed by atoms with Crippen LogP contribution >= 0.6 is 0 Å². The van der Waals surface area contributed by atoms with Gasteiger partial charge in [-0.25, -0.2) is 0 Å². The Kier molecular flexibility index (Phi) is 4.43. The topological polar surface area (TPSA) is 42.0 Å². The third kappa shape index (κ3) is 3.51. The van der Waals surface area contributed by atoms with Gasteiger partial charge in [0.2, 0.25) is 0 Å². The molecule has 1 N–H and O–H groups in total. The summed E-state index contributed by atoms with van der Waals surface area (Å²) in [6, 6.07) is 23.3. The van der Waals surface area contributed by atoms with Gasteiger partial charge >= 0.3 is 0 Å². The van der Waals surface area contributed by atoms with Gasteiger partial charge in [-0.15, -0.1) is 0 Å². The Morgan fingerprint density at radius 3 is 2.17 bits per heavy atom. The lowest BCUT2D eigenvalue weighted by Gasteiger charge is -2.27. The highest BCUT2D eigenvalue weighted by molar-refractivity contribution is 5.95. The SMILES string of the molecule is CC(C)(NC(=O)c1ccc(-c2ccccn2)cc1)c1ccccc1. The zero-order valence-electron chi connectivity index (χ0n) is 13.9. The van der Waals surface area contributed by atoms with Crippen molar-refractivity contribution in [1.82, 2.24) is 10.3 Å². The Hall–Kier alpha value is -2.94. The Labute approximate surface area is 142 Å². The Bertz CT molecular complexity index is 809. The van der Waals surface area contributed by atoms with E-state index in [-0.39, 0.29) is 5.91 Å². The standard InChI is InChI=1S/C21H20N2O/c1-21(2,18-8-4-3-5-9-18)23-20(24)17-13-11-16(12-14-17)19-10-6-7-15-22-19/h3-15H,1-2H3,(H,23,24). The lowest BCUT2D eigenvalue weighted by molar-refractivity contribution is 0.0912. The molecule has 0 radical (unpaired) electrons. The van der Waals surface area contributed by atoms with E-state index in [1.165, 1.54) is 0 Å². The zero-order valence-corrected chi connectivity index (χ0v) is 13.9. The first-order valence-electron chi connectivity index (χ1n) is 7.96. The fourth-order valence-corrected chi connectivity index (χ4v) is 2.61. The van der Waals surface area contributed by atoms with E-state index in [0.29, 0.717) is 5.56 Å². The van der Waals surface area contributed by atoms with Gasteiger partial charge in [-0.2, -0.15) is 0 Å². The van der Waals surface area contributed by atoms with Crippen molar-refractivity contribution in [3.63, 3.8) is 0 Å². The highest BCUT2D eigenvalue weighted by Gasteiger charge is 2.23. The smallest absolute Gasteiger partial charge is 0.251 e. The average molecular weight is 316 g/mol. The van der Waals surface area contributed by atoms with Crippen molar-refractivity contribution in [3.8, 4) is 11.3 Å². The van der Waals surface area contributed by atoms with Crippen molar-refractivity contribution < 1.29 is 4.79 Å². The first-order valence-corrected chi connectivity index (χ1v) is 7.96. The summed E-state index contributed by atoms with van der Waals surface area (Å²) in [5.41, 5.74) is 3.17. The van der Waals surface area contributed by atoms with Crippen LogP contribution in [-0.2, 0) is 5.54 Å². The molecule has 0 fully saturated rings. The van der Waals surface area contributed by atoms with Crippen molar-refractivity contribution in [3.05, 3.63) is 90.1 Å². The monoisotopic (exact) mass is 316 g/mol. The summed E-state index contributed by atoms with van der Waals surface area (Å²) in [6.07, 6.45) is 1.76. The molecule has 0 aliphatic heterocycles. The number of nitrogens with zero attached hydrogens (tertiary/aromatic N) is 1. The highest BCUT2D eigenvalue weighted by Crippen LogP contribution is 2.21. The molecule has 120 valence electrons. The summed E-state index contributed by atoms with van der Waals surface area (Å²) in [7, 11) is 0. The van der Waals surface area contributed by atoms with Crippen LogP contribution in [0.4, 0.5) is 0 Å². The molecule has 0 spiro atoms. The van der Waals surface area contributed by atoms with Crippen molar-refractivity contribution >= 4 is 5.91 Å². The number of benzene rings is 2. The summed E-state index contributed by atoms with van der Waals surface area (Å²) < 4.78 is 0. The van der Waals surface area contributed by atoms with Gasteiger partial charge in [0.05, 0.1) is 11.2 Å². The van der Waals surface area contributed by atoms with E-state index in [0.717, 1.165) is 16.8 Å². The molecule has 0 bridgehead atoms. The predicted molar refractivity (Wildman–Crippen MR) is 96.6 cm³/mol. The number of carbonyl (C=O) groups is 1. The fourth-order valence-electron chi connectivity index (χ4n) is 2.61. The van der Waals surface area contributed by atoms with Gasteiger partial charge in [-0.1, -0.05) is 48.5 Å². The molecule has 24 heavy (non-hydrogen) atoms. The lowest BCUT2D eigenvalue weighted by Crippen LogP contribution is -2.40. The molecule has 0 atom stereocenters. The highest BCUT2D eigenvalue weighted by atomic mass is 16.1. The van der Waals surface area contributed by atoms with Gasteiger partial charge < -0.3 is 5.32 Å². The molecule has 3 nitrogen and oxygen atoms in total. The number of carbonyl (C=O) groups excluding carboxylic acids is 1. The van der Waals surface area contributed by atoms with Crippen molar-refractivity contribution in [2.24, 2.45) is 0 Å². The third-order valence-corrected chi connectivity index (χ3v) is 4.03. The third-order valence-electron chi connectivity index (χ3n) is 4.03. The zero-order chi connectivity index (χ0) is 17.0. The van der Waals surface area contributed by atoms with Gasteiger partial charge in [0.15, 0.2) is 0 Å². The van der Waals surface area contributed by atoms with Crippen molar-refractivity contribution in [1.29, 1.82) is 0 Å². The Morgan fingerprint density at radius 2 is 1.54 bits per heavy atom. The van der Waals surface area contributed by atoms with Gasteiger partial charge in [0, 0.05) is 17.3 Å². The minimum Gasteiger partial charge on any atom is -0.343 e. The molecular formula is C21H20N2O. The van der Waals surface area contributed by atoms with Gasteiger partial charge in [-0.3, -0.25) is 9.78 Å². The summed E-state index contributed by atoms with van der Waals surface area (Å²) in [5, 5.41) is 3.09. The van der Waals surface area contributed by atoms with Crippen LogP contribution in [0.25, 0.3) is 11.3 Å². The molecule has 3 rings (SSSR count). The van der Waals surface area contributed by atoms with E-state index in [4.69, 9.17) is 0 Å². The Balaban J connectivity index is 1.76. The second-order valence-corrected chi connectivity index (χ2v) is 6.24. The molecule has 0 unspecified atom stereocenters. The van der Waals surface area contributed by atoms with Crippen molar-refractivity contribution in [2.75, 3.05) is 0 Å². The molecule has 0 aliphatic carbocycles. The summed E-state index contributed by atoms with van der Waals surface area (Å²) in [5.74, 6) is -0.0866. The number of aromatic nitrogens is 1. The summed E-state index contributed by atoms with van der Waals surface area (Å²) >= 11 is 0. The summed E-state index contributed by atoms with van der Waals surface area (Å²) in [6.45, 7) is 4.00. The molecule has 3 heteroatoms. The Morgan fingerprint density at radius 1 is 0.875 bits per heavy atom. The van der Waals surface area contributed by atoms with Crippen LogP contribution in [0.5, 0.6) is 0 Å². The minimum absolute atomic E-state index is 0.0866. The number of hydrogen-bond acceptors (Lipinski definition) is 2. The lowest BCUT2D eigenvalue weighted by atomic mass is 9.94. The van der Waals surface area contributed by atoms with Crippen LogP contribution in [0, 0.1) is 0 Å². The molecule has 0 aliphatic rings. The second kappa shape index (κ2) is 6.67. The predicted octanol–water partition coefficient (Wildman–Crippen LogP) is 4.41. The number of pyridine rings is 1. The van der Waals surface area contributed by atoms with Gasteiger partial charge in [0.25, 0.3) is 5.91 Å². The number of nitrogens with one attached hydrogen (secondary N) is 1. The molecule has 0 saturated carbocycles. The van der Waals surface area contributed by atoms with E-state index in [1.54, 1.807) is 6.20 Å². The van der Waals surface area contributed by atoms with Crippen LogP contribution in [0.15, 0.2) is 79.0 Å². The van der Waals surface area contributed by atoms with E-state index in [9.17, 15) is 4.79 Å². The molecule has 1 aromatic heterocycles. The average Bonchev–Trinajstić information content (AvgIpc) is 2.63. The van der Waals surface area contributed by atoms with E-state index >= 15 is 0 Å². The van der Waals surface area contributed by atoms with Crippen LogP contribution in [0.2, 0.25) is 0 Å². The van der Waals surface area contributed by atoms with Crippen LogP contribution in [0.3, 0.4) is 0 Å². The largest absolute Gasteiger partial charge is 0.343 e. The fraction of sp³-hybridized carbons (Fsp3) is 0.143. The van der Waals surface area contributed by atoms with E-state index in [2.05, 4.69) is 10.3 Å². The van der Waals surface area contributed by atoms with Crippen molar-refractivity contribution in [2.45, 2.75) is 19.4 Å². The maximum absolute atomic E-state index is 12.6. The normalized spacial score (nSPS) is 11.1. The number of amides is 1. The molecule has 1 heterocycles. The maximum atomic E-state index is 12.6. The minimum atomic E-state index is -0.433. The van der Waals surface area contributed by atoms with Gasteiger partial charge in [0.1, 0.15) is 0 Å². The number of hydrogen-bond donors (Lipinski definition) is 1. The van der Waals surface area contributed by atoms with E-state index in [1.807, 2.05) is 86.6 Å². The molecule has 0 saturated heterocycles. The quantitative estimate of drug-likeness (QED) is 0.774.